The van der Waals surface area contributed by atoms with Gasteiger partial charge in [0.05, 0.1) is 0 Å². The van der Waals surface area contributed by atoms with Crippen molar-refractivity contribution in [2.75, 3.05) is 26.2 Å². The van der Waals surface area contributed by atoms with Crippen LogP contribution in [0.3, 0.4) is 0 Å². The summed E-state index contributed by atoms with van der Waals surface area (Å²) in [6, 6.07) is 0.830. The molecule has 102 valence electrons. The molecule has 0 radical (unpaired) electrons. The number of hydrogen-bond acceptors (Lipinski definition) is 2. The fourth-order valence-corrected chi connectivity index (χ4v) is 3.12. The van der Waals surface area contributed by atoms with Crippen LogP contribution < -0.4 is 5.32 Å². The Morgan fingerprint density at radius 3 is 2.35 bits per heavy atom. The van der Waals surface area contributed by atoms with Gasteiger partial charge in [0, 0.05) is 12.6 Å². The van der Waals surface area contributed by atoms with E-state index in [1.165, 1.54) is 64.7 Å². The van der Waals surface area contributed by atoms with Gasteiger partial charge in [-0.15, -0.1) is 0 Å². The summed E-state index contributed by atoms with van der Waals surface area (Å²) in [4.78, 5) is 2.74. The van der Waals surface area contributed by atoms with Gasteiger partial charge in [0.1, 0.15) is 0 Å². The normalized spacial score (nSPS) is 21.4. The van der Waals surface area contributed by atoms with Gasteiger partial charge in [-0.3, -0.25) is 0 Å². The van der Waals surface area contributed by atoms with Gasteiger partial charge in [-0.05, 0) is 51.2 Å². The molecule has 1 N–H and O–H groups in total. The molecule has 0 saturated carbocycles. The van der Waals surface area contributed by atoms with Crippen molar-refractivity contribution < 1.29 is 0 Å². The van der Waals surface area contributed by atoms with Crippen molar-refractivity contribution in [2.45, 2.75) is 65.3 Å². The Bertz CT molecular complexity index is 170. The number of piperidine rings is 1. The predicted molar refractivity (Wildman–Crippen MR) is 76.4 cm³/mol. The van der Waals surface area contributed by atoms with E-state index in [9.17, 15) is 0 Å². The zero-order valence-corrected chi connectivity index (χ0v) is 12.2. The van der Waals surface area contributed by atoms with Crippen LogP contribution in [-0.4, -0.2) is 37.1 Å². The van der Waals surface area contributed by atoms with E-state index in [0.717, 1.165) is 12.0 Å². The molecule has 1 aliphatic heterocycles. The third kappa shape index (κ3) is 5.39. The Morgan fingerprint density at radius 2 is 1.88 bits per heavy atom. The minimum Gasteiger partial charge on any atom is -0.316 e. The molecule has 1 rings (SSSR count). The zero-order chi connectivity index (χ0) is 12.5. The van der Waals surface area contributed by atoms with E-state index >= 15 is 0 Å². The first kappa shape index (κ1) is 15.0. The number of hydrogen-bond donors (Lipinski definition) is 1. The van der Waals surface area contributed by atoms with Gasteiger partial charge in [0.2, 0.25) is 0 Å². The van der Waals surface area contributed by atoms with Crippen LogP contribution in [-0.2, 0) is 0 Å². The molecule has 1 heterocycles. The van der Waals surface area contributed by atoms with Gasteiger partial charge < -0.3 is 10.2 Å². The lowest BCUT2D eigenvalue weighted by molar-refractivity contribution is 0.145. The second-order valence-electron chi connectivity index (χ2n) is 5.53. The average Bonchev–Trinajstić information content (AvgIpc) is 2.37. The second kappa shape index (κ2) is 8.93. The van der Waals surface area contributed by atoms with Crippen LogP contribution >= 0.6 is 0 Å². The summed E-state index contributed by atoms with van der Waals surface area (Å²) in [6.07, 6.45) is 8.20. The number of rotatable bonds is 8. The molecule has 0 bridgehead atoms. The Balaban J connectivity index is 2.42. The molecular weight excluding hydrogens is 208 g/mol. The molecule has 2 nitrogen and oxygen atoms in total. The van der Waals surface area contributed by atoms with Crippen LogP contribution in [0.4, 0.5) is 0 Å². The van der Waals surface area contributed by atoms with Crippen LogP contribution in [0.2, 0.25) is 0 Å². The summed E-state index contributed by atoms with van der Waals surface area (Å²) in [5.41, 5.74) is 0. The Kier molecular flexibility index (Phi) is 7.87. The lowest BCUT2D eigenvalue weighted by Gasteiger charge is -2.35. The van der Waals surface area contributed by atoms with Gasteiger partial charge in [0.15, 0.2) is 0 Å². The van der Waals surface area contributed by atoms with Crippen molar-refractivity contribution in [3.05, 3.63) is 0 Å². The molecule has 0 spiro atoms. The van der Waals surface area contributed by atoms with Gasteiger partial charge in [-0.25, -0.2) is 0 Å². The van der Waals surface area contributed by atoms with Crippen molar-refractivity contribution in [1.82, 2.24) is 10.2 Å². The molecule has 0 amide bonds. The van der Waals surface area contributed by atoms with E-state index in [4.69, 9.17) is 0 Å². The van der Waals surface area contributed by atoms with Gasteiger partial charge >= 0.3 is 0 Å². The fraction of sp³-hybridized carbons (Fsp3) is 1.00. The fourth-order valence-electron chi connectivity index (χ4n) is 3.12. The number of nitrogens with zero attached hydrogens (tertiary/aromatic N) is 1. The smallest absolute Gasteiger partial charge is 0.00950 e. The summed E-state index contributed by atoms with van der Waals surface area (Å²) in [7, 11) is 0. The van der Waals surface area contributed by atoms with Crippen molar-refractivity contribution in [3.8, 4) is 0 Å². The van der Waals surface area contributed by atoms with Crippen molar-refractivity contribution in [1.29, 1.82) is 0 Å². The molecule has 0 aliphatic carbocycles. The lowest BCUT2D eigenvalue weighted by atomic mass is 9.96. The molecule has 17 heavy (non-hydrogen) atoms. The van der Waals surface area contributed by atoms with Gasteiger partial charge in [-0.2, -0.15) is 0 Å². The van der Waals surface area contributed by atoms with E-state index in [1.54, 1.807) is 0 Å². The average molecular weight is 240 g/mol. The van der Waals surface area contributed by atoms with Crippen LogP contribution in [0.15, 0.2) is 0 Å². The third-order valence-electron chi connectivity index (χ3n) is 4.06. The highest BCUT2D eigenvalue weighted by atomic mass is 15.2. The molecule has 1 fully saturated rings. The van der Waals surface area contributed by atoms with Gasteiger partial charge in [-0.1, -0.05) is 33.6 Å². The van der Waals surface area contributed by atoms with Crippen molar-refractivity contribution >= 4 is 0 Å². The Hall–Kier alpha value is -0.0800. The van der Waals surface area contributed by atoms with Crippen molar-refractivity contribution in [3.63, 3.8) is 0 Å². The standard InChI is InChI=1S/C15H32N2/c1-4-8-15(9-5-2)17(6-3)13-14-10-7-11-16-12-14/h14-16H,4-13H2,1-3H3. The maximum Gasteiger partial charge on any atom is 0.00950 e. The molecule has 1 saturated heterocycles. The van der Waals surface area contributed by atoms with Crippen LogP contribution in [0.5, 0.6) is 0 Å². The van der Waals surface area contributed by atoms with Crippen LogP contribution in [0, 0.1) is 5.92 Å². The maximum absolute atomic E-state index is 3.54. The van der Waals surface area contributed by atoms with E-state index in [2.05, 4.69) is 31.0 Å². The first-order valence-electron chi connectivity index (χ1n) is 7.76. The van der Waals surface area contributed by atoms with Gasteiger partial charge in [0.25, 0.3) is 0 Å². The van der Waals surface area contributed by atoms with Crippen LogP contribution in [0.25, 0.3) is 0 Å². The summed E-state index contributed by atoms with van der Waals surface area (Å²) in [5.74, 6) is 0.889. The predicted octanol–water partition coefficient (Wildman–Crippen LogP) is 3.28. The molecular formula is C15H32N2. The highest BCUT2D eigenvalue weighted by molar-refractivity contribution is 4.77. The zero-order valence-electron chi connectivity index (χ0n) is 12.2. The third-order valence-corrected chi connectivity index (χ3v) is 4.06. The first-order chi connectivity index (χ1) is 8.31. The largest absolute Gasteiger partial charge is 0.316 e. The Morgan fingerprint density at radius 1 is 1.18 bits per heavy atom. The minimum atomic E-state index is 0.830. The molecule has 1 aliphatic rings. The van der Waals surface area contributed by atoms with Crippen molar-refractivity contribution in [2.24, 2.45) is 5.92 Å². The highest BCUT2D eigenvalue weighted by Gasteiger charge is 2.21. The quantitative estimate of drug-likeness (QED) is 0.700. The monoisotopic (exact) mass is 240 g/mol. The van der Waals surface area contributed by atoms with E-state index < -0.39 is 0 Å². The summed E-state index contributed by atoms with van der Waals surface area (Å²) >= 11 is 0. The molecule has 0 aromatic rings. The highest BCUT2D eigenvalue weighted by Crippen LogP contribution is 2.18. The van der Waals surface area contributed by atoms with E-state index in [1.807, 2.05) is 0 Å². The second-order valence-corrected chi connectivity index (χ2v) is 5.53. The summed E-state index contributed by atoms with van der Waals surface area (Å²) in [5, 5.41) is 3.54. The van der Waals surface area contributed by atoms with Crippen LogP contribution in [0.1, 0.15) is 59.3 Å². The van der Waals surface area contributed by atoms with E-state index in [-0.39, 0.29) is 0 Å². The SMILES string of the molecule is CCCC(CCC)N(CC)CC1CCCNC1. The molecule has 1 unspecified atom stereocenters. The topological polar surface area (TPSA) is 15.3 Å². The first-order valence-corrected chi connectivity index (χ1v) is 7.76. The Labute approximate surface area is 108 Å². The molecule has 0 aromatic carbocycles. The minimum absolute atomic E-state index is 0.830. The molecule has 0 aromatic heterocycles. The summed E-state index contributed by atoms with van der Waals surface area (Å²) < 4.78 is 0. The molecule has 2 heteroatoms. The van der Waals surface area contributed by atoms with E-state index in [0.29, 0.717) is 0 Å². The maximum atomic E-state index is 3.54. The summed E-state index contributed by atoms with van der Waals surface area (Å²) in [6.45, 7) is 12.0. The lowest BCUT2D eigenvalue weighted by Crippen LogP contribution is -2.43. The number of nitrogens with one attached hydrogen (secondary N) is 1. The molecule has 1 atom stereocenters.